The zero-order valence-electron chi connectivity index (χ0n) is 10.8. The first-order chi connectivity index (χ1) is 9.97. The molecule has 0 aliphatic rings. The fraction of sp³-hybridized carbons (Fsp3) is 0.200. The Kier molecular flexibility index (Phi) is 5.25. The lowest BCUT2D eigenvalue weighted by Crippen LogP contribution is -2.09. The average molecular weight is 361 g/mol. The number of aliphatic hydroxyl groups is 1. The first-order valence-corrected chi connectivity index (χ1v) is 6.92. The third kappa shape index (κ3) is 4.22. The van der Waals surface area contributed by atoms with Crippen molar-refractivity contribution in [2.24, 2.45) is 0 Å². The Morgan fingerprint density at radius 1 is 1.14 bits per heavy atom. The summed E-state index contributed by atoms with van der Waals surface area (Å²) < 4.78 is 43.4. The zero-order valence-corrected chi connectivity index (χ0v) is 12.4. The first-order valence-electron chi connectivity index (χ1n) is 6.13. The molecule has 0 heterocycles. The molecule has 2 aromatic rings. The van der Waals surface area contributed by atoms with Gasteiger partial charge in [0.1, 0.15) is 11.6 Å². The van der Waals surface area contributed by atoms with E-state index < -0.39 is 18.5 Å². The quantitative estimate of drug-likeness (QED) is 0.852. The number of para-hydroxylation sites is 1. The van der Waals surface area contributed by atoms with Crippen LogP contribution >= 0.6 is 15.9 Å². The maximum atomic E-state index is 13.7. The summed E-state index contributed by atoms with van der Waals surface area (Å²) in [6.07, 6.45) is -1.20. The SMILES string of the molecule is OC(Cc1cc(Br)ccc1F)c1ccccc1OC(F)F. The largest absolute Gasteiger partial charge is 0.434 e. The van der Waals surface area contributed by atoms with E-state index in [-0.39, 0.29) is 23.3 Å². The molecule has 6 heteroatoms. The molecule has 0 fully saturated rings. The summed E-state index contributed by atoms with van der Waals surface area (Å²) in [7, 11) is 0. The van der Waals surface area contributed by atoms with Crippen LogP contribution in [0.25, 0.3) is 0 Å². The van der Waals surface area contributed by atoms with Gasteiger partial charge in [0.05, 0.1) is 6.10 Å². The summed E-state index contributed by atoms with van der Waals surface area (Å²) >= 11 is 3.22. The van der Waals surface area contributed by atoms with Crippen LogP contribution in [0.4, 0.5) is 13.2 Å². The number of hydrogen-bond donors (Lipinski definition) is 1. The van der Waals surface area contributed by atoms with Gasteiger partial charge in [0.2, 0.25) is 0 Å². The highest BCUT2D eigenvalue weighted by molar-refractivity contribution is 9.10. The van der Waals surface area contributed by atoms with E-state index in [1.165, 1.54) is 30.3 Å². The molecular formula is C15H12BrF3O2. The van der Waals surface area contributed by atoms with Crippen LogP contribution in [0.5, 0.6) is 5.75 Å². The monoisotopic (exact) mass is 360 g/mol. The highest BCUT2D eigenvalue weighted by atomic mass is 79.9. The molecule has 0 amide bonds. The lowest BCUT2D eigenvalue weighted by molar-refractivity contribution is -0.0515. The van der Waals surface area contributed by atoms with Gasteiger partial charge in [-0.1, -0.05) is 34.1 Å². The standard InChI is InChI=1S/C15H12BrF3O2/c16-10-5-6-12(17)9(7-10)8-13(20)11-3-1-2-4-14(11)21-15(18)19/h1-7,13,15,20H,8H2. The van der Waals surface area contributed by atoms with E-state index in [9.17, 15) is 18.3 Å². The Morgan fingerprint density at radius 3 is 2.57 bits per heavy atom. The summed E-state index contributed by atoms with van der Waals surface area (Å²) in [6.45, 7) is -2.99. The minimum Gasteiger partial charge on any atom is -0.434 e. The normalized spacial score (nSPS) is 12.5. The molecule has 0 aliphatic carbocycles. The van der Waals surface area contributed by atoms with Gasteiger partial charge in [-0.3, -0.25) is 0 Å². The second-order valence-corrected chi connectivity index (χ2v) is 5.29. The van der Waals surface area contributed by atoms with Crippen LogP contribution in [0.1, 0.15) is 17.2 Å². The van der Waals surface area contributed by atoms with Crippen LogP contribution < -0.4 is 4.74 Å². The number of hydrogen-bond acceptors (Lipinski definition) is 2. The summed E-state index contributed by atoms with van der Waals surface area (Å²) in [5.41, 5.74) is 0.473. The Bertz CT molecular complexity index is 620. The van der Waals surface area contributed by atoms with Crippen molar-refractivity contribution in [3.8, 4) is 5.75 Å². The Labute approximate surface area is 128 Å². The molecule has 0 radical (unpaired) electrons. The molecule has 2 rings (SSSR count). The van der Waals surface area contributed by atoms with Crippen LogP contribution in [0.3, 0.4) is 0 Å². The van der Waals surface area contributed by atoms with E-state index in [4.69, 9.17) is 0 Å². The van der Waals surface area contributed by atoms with Crippen molar-refractivity contribution in [2.75, 3.05) is 0 Å². The lowest BCUT2D eigenvalue weighted by Gasteiger charge is -2.16. The highest BCUT2D eigenvalue weighted by Gasteiger charge is 2.18. The van der Waals surface area contributed by atoms with E-state index in [0.29, 0.717) is 4.47 Å². The van der Waals surface area contributed by atoms with Crippen molar-refractivity contribution in [1.82, 2.24) is 0 Å². The second kappa shape index (κ2) is 6.95. The number of rotatable bonds is 5. The molecule has 0 bridgehead atoms. The van der Waals surface area contributed by atoms with E-state index in [2.05, 4.69) is 20.7 Å². The van der Waals surface area contributed by atoms with Crippen molar-refractivity contribution < 1.29 is 23.0 Å². The maximum Gasteiger partial charge on any atom is 0.387 e. The first kappa shape index (κ1) is 15.9. The van der Waals surface area contributed by atoms with Crippen LogP contribution in [-0.2, 0) is 6.42 Å². The van der Waals surface area contributed by atoms with E-state index in [1.54, 1.807) is 12.1 Å². The van der Waals surface area contributed by atoms with Crippen LogP contribution in [0, 0.1) is 5.82 Å². The summed E-state index contributed by atoms with van der Waals surface area (Å²) in [6, 6.07) is 10.3. The highest BCUT2D eigenvalue weighted by Crippen LogP contribution is 2.30. The van der Waals surface area contributed by atoms with E-state index >= 15 is 0 Å². The fourth-order valence-electron chi connectivity index (χ4n) is 1.98. The topological polar surface area (TPSA) is 29.5 Å². The molecule has 1 atom stereocenters. The molecule has 2 aromatic carbocycles. The van der Waals surface area contributed by atoms with Crippen molar-refractivity contribution in [1.29, 1.82) is 0 Å². The molecule has 0 aliphatic heterocycles. The van der Waals surface area contributed by atoms with Gasteiger partial charge in [-0.15, -0.1) is 0 Å². The number of halogens is 4. The Hall–Kier alpha value is -1.53. The maximum absolute atomic E-state index is 13.7. The van der Waals surface area contributed by atoms with E-state index in [1.807, 2.05) is 0 Å². The minimum atomic E-state index is -2.99. The molecule has 0 aromatic heterocycles. The number of aliphatic hydroxyl groups excluding tert-OH is 1. The van der Waals surface area contributed by atoms with Crippen molar-refractivity contribution >= 4 is 15.9 Å². The van der Waals surface area contributed by atoms with Crippen molar-refractivity contribution in [3.63, 3.8) is 0 Å². The molecular weight excluding hydrogens is 349 g/mol. The van der Waals surface area contributed by atoms with E-state index in [0.717, 1.165) is 0 Å². The average Bonchev–Trinajstić information content (AvgIpc) is 2.42. The molecule has 1 N–H and O–H groups in total. The predicted octanol–water partition coefficient (Wildman–Crippen LogP) is 4.47. The molecule has 0 saturated heterocycles. The lowest BCUT2D eigenvalue weighted by atomic mass is 10.0. The number of alkyl halides is 2. The second-order valence-electron chi connectivity index (χ2n) is 4.37. The van der Waals surface area contributed by atoms with Gasteiger partial charge in [-0.25, -0.2) is 4.39 Å². The van der Waals surface area contributed by atoms with Crippen molar-refractivity contribution in [3.05, 3.63) is 63.9 Å². The van der Waals surface area contributed by atoms with Gasteiger partial charge in [0.25, 0.3) is 0 Å². The van der Waals surface area contributed by atoms with Crippen molar-refractivity contribution in [2.45, 2.75) is 19.1 Å². The Balaban J connectivity index is 2.24. The molecule has 1 unspecified atom stereocenters. The van der Waals surface area contributed by atoms with Gasteiger partial charge in [0, 0.05) is 16.5 Å². The zero-order chi connectivity index (χ0) is 15.4. The van der Waals surface area contributed by atoms with Crippen LogP contribution in [0.2, 0.25) is 0 Å². The fourth-order valence-corrected chi connectivity index (χ4v) is 2.39. The molecule has 112 valence electrons. The van der Waals surface area contributed by atoms with Gasteiger partial charge >= 0.3 is 6.61 Å². The number of ether oxygens (including phenoxy) is 1. The smallest absolute Gasteiger partial charge is 0.387 e. The molecule has 0 spiro atoms. The summed E-state index contributed by atoms with van der Waals surface area (Å²) in [5, 5.41) is 10.2. The Morgan fingerprint density at radius 2 is 1.86 bits per heavy atom. The van der Waals surface area contributed by atoms with Crippen LogP contribution in [0.15, 0.2) is 46.9 Å². The number of benzene rings is 2. The summed E-state index contributed by atoms with van der Waals surface area (Å²) in [5.74, 6) is -0.583. The van der Waals surface area contributed by atoms with Gasteiger partial charge in [-0.05, 0) is 29.8 Å². The van der Waals surface area contributed by atoms with Gasteiger partial charge < -0.3 is 9.84 Å². The molecule has 2 nitrogen and oxygen atoms in total. The van der Waals surface area contributed by atoms with Gasteiger partial charge in [-0.2, -0.15) is 8.78 Å². The predicted molar refractivity (Wildman–Crippen MR) is 75.8 cm³/mol. The summed E-state index contributed by atoms with van der Waals surface area (Å²) in [4.78, 5) is 0. The third-order valence-electron chi connectivity index (χ3n) is 2.92. The van der Waals surface area contributed by atoms with Crippen LogP contribution in [-0.4, -0.2) is 11.7 Å². The third-order valence-corrected chi connectivity index (χ3v) is 3.41. The minimum absolute atomic E-state index is 0.0467. The molecule has 21 heavy (non-hydrogen) atoms. The van der Waals surface area contributed by atoms with Gasteiger partial charge in [0.15, 0.2) is 0 Å². The molecule has 0 saturated carbocycles.